The van der Waals surface area contributed by atoms with Gasteiger partial charge in [0.15, 0.2) is 0 Å². The van der Waals surface area contributed by atoms with Crippen LogP contribution in [0, 0.1) is 0 Å². The zero-order chi connectivity index (χ0) is 29.4. The lowest BCUT2D eigenvalue weighted by atomic mass is 10.3. The second kappa shape index (κ2) is 39.7. The summed E-state index contributed by atoms with van der Waals surface area (Å²) in [7, 11) is 0. The summed E-state index contributed by atoms with van der Waals surface area (Å²) in [6.07, 6.45) is 10.2. The van der Waals surface area contributed by atoms with Crippen LogP contribution in [0.25, 0.3) is 0 Å². The molecule has 0 aromatic carbocycles. The zero-order valence-corrected chi connectivity index (χ0v) is 25.6. The first-order valence-electron chi connectivity index (χ1n) is 12.3. The highest BCUT2D eigenvalue weighted by Gasteiger charge is 2.19. The van der Waals surface area contributed by atoms with E-state index in [4.69, 9.17) is 27.9 Å². The number of hydrogen-bond acceptors (Lipinski definition) is 8. The number of halogens is 2. The van der Waals surface area contributed by atoms with Gasteiger partial charge in [-0.1, -0.05) is 43.9 Å². The van der Waals surface area contributed by atoms with E-state index in [2.05, 4.69) is 67.2 Å². The minimum Gasteiger partial charge on any atom is -0.412 e. The van der Waals surface area contributed by atoms with Gasteiger partial charge in [0.05, 0.1) is 42.5 Å². The van der Waals surface area contributed by atoms with Crippen LogP contribution in [-0.4, -0.2) is 126 Å². The van der Waals surface area contributed by atoms with Crippen LogP contribution >= 0.6 is 35.4 Å². The van der Waals surface area contributed by atoms with Crippen LogP contribution in [0.3, 0.4) is 0 Å². The number of nitrogens with one attached hydrogen (secondary N) is 1. The Morgan fingerprint density at radius 3 is 1.52 bits per heavy atom. The van der Waals surface area contributed by atoms with Crippen molar-refractivity contribution in [3.63, 3.8) is 0 Å². The SMILES string of the molecule is C.C=CCN(CC=C)CC(O)CCl.C=CCN(CC=C)CC(O)CN=C=S.C=CCNCC=C.ClCC1CO1.O. The van der Waals surface area contributed by atoms with Crippen LogP contribution in [0.4, 0.5) is 0 Å². The van der Waals surface area contributed by atoms with Gasteiger partial charge in [0.25, 0.3) is 0 Å². The van der Waals surface area contributed by atoms with Crippen molar-refractivity contribution in [1.82, 2.24) is 15.1 Å². The maximum absolute atomic E-state index is 9.51. The molecule has 5 N–H and O–H groups in total. The molecule has 1 saturated heterocycles. The fraction of sp³-hybridized carbons (Fsp3) is 0.552. The average Bonchev–Trinajstić information content (AvgIpc) is 3.74. The van der Waals surface area contributed by atoms with Gasteiger partial charge >= 0.3 is 0 Å². The summed E-state index contributed by atoms with van der Waals surface area (Å²) < 4.78 is 4.73. The summed E-state index contributed by atoms with van der Waals surface area (Å²) in [5.74, 6) is 0.935. The van der Waals surface area contributed by atoms with E-state index in [1.807, 2.05) is 22.0 Å². The molecule has 1 fully saturated rings. The first-order chi connectivity index (χ1) is 18.3. The van der Waals surface area contributed by atoms with Crippen LogP contribution in [0.15, 0.2) is 80.9 Å². The highest BCUT2D eigenvalue weighted by molar-refractivity contribution is 7.78. The monoisotopic (exact) mass is 624 g/mol. The van der Waals surface area contributed by atoms with Gasteiger partial charge < -0.3 is 25.7 Å². The Morgan fingerprint density at radius 1 is 0.875 bits per heavy atom. The molecule has 0 bridgehead atoms. The zero-order valence-electron chi connectivity index (χ0n) is 23.2. The van der Waals surface area contributed by atoms with Gasteiger partial charge in [0.2, 0.25) is 0 Å². The molecule has 11 heteroatoms. The Morgan fingerprint density at radius 2 is 1.27 bits per heavy atom. The van der Waals surface area contributed by atoms with Gasteiger partial charge in [0, 0.05) is 58.2 Å². The van der Waals surface area contributed by atoms with Crippen LogP contribution < -0.4 is 5.32 Å². The number of rotatable bonds is 20. The molecular weight excluding hydrogens is 571 g/mol. The first-order valence-corrected chi connectivity index (χ1v) is 13.7. The minimum atomic E-state index is -0.509. The Kier molecular flexibility index (Phi) is 47.9. The van der Waals surface area contributed by atoms with Gasteiger partial charge in [0.1, 0.15) is 0 Å². The molecule has 0 amide bonds. The molecule has 0 aliphatic carbocycles. The van der Waals surface area contributed by atoms with Gasteiger partial charge in [-0.3, -0.25) is 9.80 Å². The largest absolute Gasteiger partial charge is 0.412 e. The average molecular weight is 626 g/mol. The Balaban J connectivity index is -0.000000142. The third-order valence-corrected chi connectivity index (χ3v) is 5.01. The van der Waals surface area contributed by atoms with E-state index >= 15 is 0 Å². The predicted octanol–water partition coefficient (Wildman–Crippen LogP) is 3.77. The van der Waals surface area contributed by atoms with E-state index < -0.39 is 12.2 Å². The summed E-state index contributed by atoms with van der Waals surface area (Å²) in [5, 5.41) is 24.0. The summed E-state index contributed by atoms with van der Waals surface area (Å²) >= 11 is 15.2. The van der Waals surface area contributed by atoms with Crippen molar-refractivity contribution in [3.05, 3.63) is 75.9 Å². The topological polar surface area (TPSA) is 115 Å². The highest BCUT2D eigenvalue weighted by atomic mass is 35.5. The number of aliphatic hydroxyl groups excluding tert-OH is 2. The molecule has 0 spiro atoms. The Hall–Kier alpha value is -1.46. The number of nitrogens with zero attached hydrogens (tertiary/aromatic N) is 3. The number of aliphatic imine (C=N–C) groups is 1. The number of ether oxygens (including phenoxy) is 1. The van der Waals surface area contributed by atoms with Crippen LogP contribution in [-0.2, 0) is 4.74 Å². The molecule has 234 valence electrons. The Labute approximate surface area is 259 Å². The van der Waals surface area contributed by atoms with Crippen molar-refractivity contribution < 1.29 is 20.4 Å². The maximum Gasteiger partial charge on any atom is 0.0944 e. The van der Waals surface area contributed by atoms with Crippen molar-refractivity contribution in [2.45, 2.75) is 25.7 Å². The van der Waals surface area contributed by atoms with Crippen molar-refractivity contribution >= 4 is 40.6 Å². The van der Waals surface area contributed by atoms with Crippen LogP contribution in [0.5, 0.6) is 0 Å². The highest BCUT2D eigenvalue weighted by Crippen LogP contribution is 2.08. The third-order valence-electron chi connectivity index (χ3n) is 4.18. The van der Waals surface area contributed by atoms with E-state index in [1.165, 1.54) is 0 Å². The maximum atomic E-state index is 9.51. The predicted molar refractivity (Wildman–Crippen MR) is 180 cm³/mol. The van der Waals surface area contributed by atoms with Gasteiger partial charge in [-0.25, -0.2) is 4.99 Å². The van der Waals surface area contributed by atoms with Crippen molar-refractivity contribution in [2.24, 2.45) is 4.99 Å². The van der Waals surface area contributed by atoms with E-state index in [1.54, 1.807) is 24.3 Å². The fourth-order valence-electron chi connectivity index (χ4n) is 2.47. The molecule has 40 heavy (non-hydrogen) atoms. The van der Waals surface area contributed by atoms with E-state index in [0.29, 0.717) is 31.6 Å². The molecule has 3 unspecified atom stereocenters. The summed E-state index contributed by atoms with van der Waals surface area (Å²) in [4.78, 5) is 7.72. The summed E-state index contributed by atoms with van der Waals surface area (Å²) in [6.45, 7) is 28.6. The van der Waals surface area contributed by atoms with Crippen molar-refractivity contribution in [3.8, 4) is 0 Å². The molecule has 3 atom stereocenters. The Bertz CT molecular complexity index is 636. The standard InChI is InChI=1S/C10H16N2OS.C9H16ClNO.C6H11N.C3H5ClO.CH4.H2O/c1-3-5-12(6-4-2)8-10(13)7-11-9-14;1-3-5-11(6-4-2)8-9(12)7-10;1-3-5-7-6-4-2;4-1-3-2-5-3;;/h3-4,10,13H,1-2,5-8H2;3-4,9,12H,1-2,5-8H2;3-4,7H,1-2,5-6H2;3H,1-2H2;1H4;1H2. The number of hydrogen-bond donors (Lipinski definition) is 3. The third kappa shape index (κ3) is 41.0. The lowest BCUT2D eigenvalue weighted by molar-refractivity contribution is 0.132. The van der Waals surface area contributed by atoms with Crippen LogP contribution in [0.2, 0.25) is 0 Å². The van der Waals surface area contributed by atoms with Gasteiger partial charge in [-0.05, 0) is 12.2 Å². The normalized spacial score (nSPS) is 13.7. The first kappa shape index (κ1) is 48.3. The smallest absolute Gasteiger partial charge is 0.0944 e. The van der Waals surface area contributed by atoms with E-state index in [0.717, 1.165) is 45.9 Å². The second-order valence-electron chi connectivity index (χ2n) is 7.83. The van der Waals surface area contributed by atoms with Gasteiger partial charge in [-0.2, -0.15) is 0 Å². The second-order valence-corrected chi connectivity index (χ2v) is 8.63. The van der Waals surface area contributed by atoms with E-state index in [-0.39, 0.29) is 18.8 Å². The molecule has 0 aromatic heterocycles. The molecule has 0 radical (unpaired) electrons. The number of aliphatic hydroxyl groups is 2. The summed E-state index contributed by atoms with van der Waals surface area (Å²) in [5.41, 5.74) is 0. The molecule has 8 nitrogen and oxygen atoms in total. The molecule has 0 aromatic rings. The molecule has 1 aliphatic heterocycles. The lowest BCUT2D eigenvalue weighted by Crippen LogP contribution is -2.34. The van der Waals surface area contributed by atoms with Crippen molar-refractivity contribution in [2.75, 3.05) is 77.3 Å². The van der Waals surface area contributed by atoms with Gasteiger partial charge in [-0.15, -0.1) is 62.7 Å². The lowest BCUT2D eigenvalue weighted by Gasteiger charge is -2.20. The summed E-state index contributed by atoms with van der Waals surface area (Å²) in [6, 6.07) is 0. The molecule has 0 saturated carbocycles. The molecular formula is C29H54Cl2N4O4S. The molecule has 1 rings (SSSR count). The number of alkyl halides is 2. The molecule has 1 heterocycles. The van der Waals surface area contributed by atoms with Crippen LogP contribution in [0.1, 0.15) is 7.43 Å². The number of isothiocyanates is 1. The van der Waals surface area contributed by atoms with E-state index in [9.17, 15) is 10.2 Å². The number of thiocarbonyl (C=S) groups is 1. The fourth-order valence-corrected chi connectivity index (χ4v) is 2.82. The van der Waals surface area contributed by atoms with Crippen molar-refractivity contribution in [1.29, 1.82) is 0 Å². The number of epoxide rings is 1. The molecule has 1 aliphatic rings. The minimum absolute atomic E-state index is 0. The quantitative estimate of drug-likeness (QED) is 0.0471.